The van der Waals surface area contributed by atoms with Crippen LogP contribution in [-0.4, -0.2) is 35.5 Å². The van der Waals surface area contributed by atoms with Gasteiger partial charge in [0.1, 0.15) is 0 Å². The smallest absolute Gasteiger partial charge is 0.309 e. The summed E-state index contributed by atoms with van der Waals surface area (Å²) in [7, 11) is 1.45. The summed E-state index contributed by atoms with van der Waals surface area (Å²) >= 11 is 0. The van der Waals surface area contributed by atoms with Crippen LogP contribution in [0.15, 0.2) is 11.6 Å². The molecule has 0 spiro atoms. The van der Waals surface area contributed by atoms with Gasteiger partial charge >= 0.3 is 5.97 Å². The van der Waals surface area contributed by atoms with Crippen molar-refractivity contribution in [1.82, 2.24) is 0 Å². The molecule has 4 aliphatic carbocycles. The van der Waals surface area contributed by atoms with E-state index < -0.39 is 0 Å². The van der Waals surface area contributed by atoms with E-state index in [2.05, 4.69) is 33.8 Å². The third-order valence-corrected chi connectivity index (χ3v) is 10.8. The number of allylic oxidation sites excluding steroid dienone is 1. The predicted octanol–water partition coefficient (Wildman–Crippen LogP) is 5.12. The van der Waals surface area contributed by atoms with Gasteiger partial charge in [0.25, 0.3) is 0 Å². The molecule has 2 N–H and O–H groups in total. The summed E-state index contributed by atoms with van der Waals surface area (Å²) in [5, 5.41) is 22.2. The molecule has 0 saturated heterocycles. The SMILES string of the molecule is CC[C@@H]1C2C[C@H](O)CC[C@]2(C)C2CC[C@@]3(C)C(CC[C@@H]3/C(C)=C\CC(=O)OC)C2[C@@H]1O. The number of rotatable bonds is 4. The van der Waals surface area contributed by atoms with Crippen molar-refractivity contribution in [3.05, 3.63) is 11.6 Å². The zero-order valence-electron chi connectivity index (χ0n) is 20.3. The Kier molecular flexibility index (Phi) is 6.37. The second kappa shape index (κ2) is 8.48. The Morgan fingerprint density at radius 3 is 2.39 bits per heavy atom. The Labute approximate surface area is 188 Å². The maximum Gasteiger partial charge on any atom is 0.309 e. The molecule has 4 aliphatic rings. The minimum Gasteiger partial charge on any atom is -0.469 e. The molecule has 0 aliphatic heterocycles. The minimum absolute atomic E-state index is 0.172. The molecule has 4 saturated carbocycles. The second-order valence-corrected chi connectivity index (χ2v) is 11.8. The van der Waals surface area contributed by atoms with Gasteiger partial charge in [-0.1, -0.05) is 38.8 Å². The Bertz CT molecular complexity index is 716. The van der Waals surface area contributed by atoms with E-state index in [4.69, 9.17) is 4.74 Å². The molecule has 4 rings (SSSR count). The van der Waals surface area contributed by atoms with Gasteiger partial charge in [0.15, 0.2) is 0 Å². The van der Waals surface area contributed by atoms with Crippen molar-refractivity contribution in [2.75, 3.05) is 7.11 Å². The third-order valence-electron chi connectivity index (χ3n) is 10.8. The van der Waals surface area contributed by atoms with Gasteiger partial charge in [-0.2, -0.15) is 0 Å². The lowest BCUT2D eigenvalue weighted by Gasteiger charge is -2.64. The first kappa shape index (κ1) is 23.3. The van der Waals surface area contributed by atoms with Crippen LogP contribution in [0.1, 0.15) is 85.5 Å². The van der Waals surface area contributed by atoms with Crippen LogP contribution in [0.5, 0.6) is 0 Å². The fourth-order valence-electron chi connectivity index (χ4n) is 9.18. The van der Waals surface area contributed by atoms with E-state index in [-0.39, 0.29) is 29.0 Å². The average molecular weight is 433 g/mol. The molecule has 0 amide bonds. The molecule has 0 aromatic rings. The van der Waals surface area contributed by atoms with E-state index in [9.17, 15) is 15.0 Å². The number of carbonyl (C=O) groups is 1. The van der Waals surface area contributed by atoms with E-state index in [0.717, 1.165) is 32.1 Å². The Hall–Kier alpha value is -0.870. The average Bonchev–Trinajstić information content (AvgIpc) is 3.10. The van der Waals surface area contributed by atoms with Gasteiger partial charge in [-0.3, -0.25) is 4.79 Å². The highest BCUT2D eigenvalue weighted by Crippen LogP contribution is 2.69. The van der Waals surface area contributed by atoms with Crippen LogP contribution in [0.25, 0.3) is 0 Å². The standard InChI is InChI=1S/C27H44O4/c1-6-18-22-15-17(28)11-13-27(22,4)21-12-14-26(3)19(16(2)7-10-23(29)31-5)8-9-20(26)24(21)25(18)30/h7,17-22,24-25,28,30H,6,8-15H2,1-5H3/b16-7-/t17-,18-,19-,20?,21?,22?,24?,25-,26-,27-/m1/s1. The Balaban J connectivity index is 1.63. The van der Waals surface area contributed by atoms with Crippen molar-refractivity contribution in [2.45, 2.75) is 97.7 Å². The maximum absolute atomic E-state index is 11.7. The van der Waals surface area contributed by atoms with E-state index in [1.807, 2.05) is 0 Å². The topological polar surface area (TPSA) is 66.8 Å². The number of aliphatic hydroxyl groups is 2. The number of carbonyl (C=O) groups excluding carboxylic acids is 1. The molecule has 4 unspecified atom stereocenters. The summed E-state index contributed by atoms with van der Waals surface area (Å²) in [6, 6.07) is 0. The highest BCUT2D eigenvalue weighted by molar-refractivity contribution is 5.71. The Morgan fingerprint density at radius 1 is 1.03 bits per heavy atom. The van der Waals surface area contributed by atoms with E-state index in [0.29, 0.717) is 41.9 Å². The molecule has 0 aromatic heterocycles. The highest BCUT2D eigenvalue weighted by atomic mass is 16.5. The molecule has 0 radical (unpaired) electrons. The summed E-state index contributed by atoms with van der Waals surface area (Å²) in [5.41, 5.74) is 1.78. The van der Waals surface area contributed by atoms with Crippen molar-refractivity contribution in [2.24, 2.45) is 46.3 Å². The molecule has 4 heteroatoms. The molecule has 176 valence electrons. The fraction of sp³-hybridized carbons (Fsp3) is 0.889. The number of hydrogen-bond acceptors (Lipinski definition) is 4. The van der Waals surface area contributed by atoms with E-state index in [1.54, 1.807) is 0 Å². The lowest BCUT2D eigenvalue weighted by Crippen LogP contribution is -2.62. The number of fused-ring (bicyclic) bond motifs is 5. The first-order chi connectivity index (χ1) is 14.7. The van der Waals surface area contributed by atoms with E-state index >= 15 is 0 Å². The van der Waals surface area contributed by atoms with Crippen LogP contribution in [-0.2, 0) is 9.53 Å². The summed E-state index contributed by atoms with van der Waals surface area (Å²) in [6.45, 7) is 9.38. The largest absolute Gasteiger partial charge is 0.469 e. The maximum atomic E-state index is 11.7. The first-order valence-electron chi connectivity index (χ1n) is 12.8. The third kappa shape index (κ3) is 3.60. The zero-order valence-corrected chi connectivity index (χ0v) is 20.3. The van der Waals surface area contributed by atoms with Crippen LogP contribution in [0, 0.1) is 46.3 Å². The van der Waals surface area contributed by atoms with Crippen LogP contribution in [0.3, 0.4) is 0 Å². The van der Waals surface area contributed by atoms with Crippen LogP contribution < -0.4 is 0 Å². The van der Waals surface area contributed by atoms with Crippen molar-refractivity contribution >= 4 is 5.97 Å². The fourth-order valence-corrected chi connectivity index (χ4v) is 9.18. The monoisotopic (exact) mass is 432 g/mol. The van der Waals surface area contributed by atoms with Gasteiger partial charge < -0.3 is 14.9 Å². The van der Waals surface area contributed by atoms with Crippen LogP contribution in [0.2, 0.25) is 0 Å². The number of methoxy groups -OCH3 is 1. The van der Waals surface area contributed by atoms with Crippen molar-refractivity contribution in [3.8, 4) is 0 Å². The van der Waals surface area contributed by atoms with Gasteiger partial charge in [0.05, 0.1) is 25.7 Å². The van der Waals surface area contributed by atoms with Crippen molar-refractivity contribution in [3.63, 3.8) is 0 Å². The van der Waals surface area contributed by atoms with Gasteiger partial charge in [0, 0.05) is 0 Å². The number of ether oxygens (including phenoxy) is 1. The lowest BCUT2D eigenvalue weighted by atomic mass is 9.41. The number of hydrogen-bond donors (Lipinski definition) is 2. The molecule has 0 aromatic carbocycles. The normalized spacial score (nSPS) is 49.7. The molecule has 0 bridgehead atoms. The van der Waals surface area contributed by atoms with Gasteiger partial charge in [0.2, 0.25) is 0 Å². The summed E-state index contributed by atoms with van der Waals surface area (Å²) in [6.07, 6.45) is 10.6. The van der Waals surface area contributed by atoms with Crippen LogP contribution >= 0.6 is 0 Å². The summed E-state index contributed by atoms with van der Waals surface area (Å²) in [5.74, 6) is 2.56. The Morgan fingerprint density at radius 2 is 1.71 bits per heavy atom. The predicted molar refractivity (Wildman–Crippen MR) is 122 cm³/mol. The van der Waals surface area contributed by atoms with Gasteiger partial charge in [-0.25, -0.2) is 0 Å². The molecule has 4 fully saturated rings. The van der Waals surface area contributed by atoms with Crippen LogP contribution in [0.4, 0.5) is 0 Å². The first-order valence-corrected chi connectivity index (χ1v) is 12.8. The highest BCUT2D eigenvalue weighted by Gasteiger charge is 2.64. The molecule has 10 atom stereocenters. The summed E-state index contributed by atoms with van der Waals surface area (Å²) < 4.78 is 4.84. The molecule has 4 nitrogen and oxygen atoms in total. The molecular formula is C27H44O4. The van der Waals surface area contributed by atoms with E-state index in [1.165, 1.54) is 31.9 Å². The lowest BCUT2D eigenvalue weighted by molar-refractivity contribution is -0.201. The molecule has 31 heavy (non-hydrogen) atoms. The number of esters is 1. The quantitative estimate of drug-likeness (QED) is 0.478. The molecule has 0 heterocycles. The summed E-state index contributed by atoms with van der Waals surface area (Å²) in [4.78, 5) is 11.7. The zero-order chi connectivity index (χ0) is 22.6. The van der Waals surface area contributed by atoms with Crippen molar-refractivity contribution in [1.29, 1.82) is 0 Å². The number of aliphatic hydroxyl groups excluding tert-OH is 2. The second-order valence-electron chi connectivity index (χ2n) is 11.8. The van der Waals surface area contributed by atoms with Crippen molar-refractivity contribution < 1.29 is 19.7 Å². The molecular weight excluding hydrogens is 388 g/mol. The minimum atomic E-state index is -0.249. The van der Waals surface area contributed by atoms with Gasteiger partial charge in [-0.15, -0.1) is 0 Å². The van der Waals surface area contributed by atoms with Gasteiger partial charge in [-0.05, 0) is 98.2 Å².